The van der Waals surface area contributed by atoms with Gasteiger partial charge in [-0.25, -0.2) is 9.78 Å². The summed E-state index contributed by atoms with van der Waals surface area (Å²) in [5, 5.41) is 15.0. The van der Waals surface area contributed by atoms with Crippen molar-refractivity contribution in [3.63, 3.8) is 0 Å². The minimum Gasteiger partial charge on any atom is -0.478 e. The summed E-state index contributed by atoms with van der Waals surface area (Å²) in [4.78, 5) is 16.2. The van der Waals surface area contributed by atoms with Crippen molar-refractivity contribution in [3.8, 4) is 17.2 Å². The Kier molecular flexibility index (Phi) is 6.72. The Morgan fingerprint density at radius 2 is 1.73 bits per heavy atom. The largest absolute Gasteiger partial charge is 0.478 e. The van der Waals surface area contributed by atoms with Crippen molar-refractivity contribution in [2.24, 2.45) is 0 Å². The predicted molar refractivity (Wildman–Crippen MR) is 140 cm³/mol. The fourth-order valence-corrected chi connectivity index (χ4v) is 4.25. The van der Waals surface area contributed by atoms with Crippen LogP contribution in [0.15, 0.2) is 81.7 Å². The number of aryl methyl sites for hydroxylation is 2. The van der Waals surface area contributed by atoms with Gasteiger partial charge < -0.3 is 18.8 Å². The molecule has 0 fully saturated rings. The van der Waals surface area contributed by atoms with Gasteiger partial charge in [-0.2, -0.15) is 0 Å². The van der Waals surface area contributed by atoms with Crippen LogP contribution in [0.25, 0.3) is 22.4 Å². The van der Waals surface area contributed by atoms with E-state index in [0.29, 0.717) is 41.5 Å². The van der Waals surface area contributed by atoms with E-state index in [1.165, 1.54) is 13.8 Å². The summed E-state index contributed by atoms with van der Waals surface area (Å²) >= 11 is 6.41. The number of benzene rings is 3. The second kappa shape index (κ2) is 10.1. The number of fused-ring (bicyclic) bond motifs is 1. The zero-order valence-electron chi connectivity index (χ0n) is 20.4. The van der Waals surface area contributed by atoms with Gasteiger partial charge in [0.05, 0.1) is 22.0 Å². The van der Waals surface area contributed by atoms with Crippen LogP contribution in [0.1, 0.15) is 36.6 Å². The minimum atomic E-state index is -1.36. The summed E-state index contributed by atoms with van der Waals surface area (Å²) in [5.74, 6) is 0.606. The van der Waals surface area contributed by atoms with E-state index in [0.717, 1.165) is 33.7 Å². The lowest BCUT2D eigenvalue weighted by Crippen LogP contribution is -2.37. The maximum Gasteiger partial charge on any atom is 0.347 e. The number of ether oxygens (including phenoxy) is 1. The number of hydrogen-bond donors (Lipinski definition) is 1. The molecule has 0 bridgehead atoms. The first kappa shape index (κ1) is 24.6. The van der Waals surface area contributed by atoms with E-state index in [1.807, 2.05) is 48.5 Å². The van der Waals surface area contributed by atoms with Gasteiger partial charge in [-0.15, -0.1) is 0 Å². The summed E-state index contributed by atoms with van der Waals surface area (Å²) in [6.45, 7) is 2.99. The van der Waals surface area contributed by atoms with Crippen LogP contribution in [-0.2, 0) is 24.1 Å². The van der Waals surface area contributed by atoms with Gasteiger partial charge >= 0.3 is 5.97 Å². The Hall–Kier alpha value is -4.10. The zero-order chi connectivity index (χ0) is 26.0. The predicted octanol–water partition coefficient (Wildman–Crippen LogP) is 6.75. The number of aliphatic carboxylic acids is 1. The molecular formula is C29H25ClN2O5. The van der Waals surface area contributed by atoms with Crippen molar-refractivity contribution in [2.45, 2.75) is 38.7 Å². The molecule has 0 saturated carbocycles. The number of oxazole rings is 1. The van der Waals surface area contributed by atoms with Gasteiger partial charge in [0.1, 0.15) is 11.5 Å². The molecule has 8 heteroatoms. The van der Waals surface area contributed by atoms with Gasteiger partial charge in [0.25, 0.3) is 0 Å². The molecule has 0 radical (unpaired) electrons. The van der Waals surface area contributed by atoms with Gasteiger partial charge in [0.15, 0.2) is 11.2 Å². The summed E-state index contributed by atoms with van der Waals surface area (Å²) in [5.41, 5.74) is 2.63. The number of halogens is 1. The highest BCUT2D eigenvalue weighted by molar-refractivity contribution is 6.33. The van der Waals surface area contributed by atoms with Gasteiger partial charge in [0, 0.05) is 17.9 Å². The summed E-state index contributed by atoms with van der Waals surface area (Å²) in [6, 6.07) is 22.8. The molecule has 0 saturated heterocycles. The average molecular weight is 517 g/mol. The lowest BCUT2D eigenvalue weighted by atomic mass is 10.1. The van der Waals surface area contributed by atoms with Crippen molar-refractivity contribution in [2.75, 3.05) is 0 Å². The van der Waals surface area contributed by atoms with Crippen molar-refractivity contribution in [1.29, 1.82) is 0 Å². The third-order valence-corrected chi connectivity index (χ3v) is 6.42. The number of hydrogen-bond acceptors (Lipinski definition) is 6. The molecule has 0 unspecified atom stereocenters. The molecule has 0 spiro atoms. The summed E-state index contributed by atoms with van der Waals surface area (Å²) in [7, 11) is 0. The van der Waals surface area contributed by atoms with Crippen LogP contribution in [0.5, 0.6) is 5.75 Å². The first-order chi connectivity index (χ1) is 17.8. The maximum atomic E-state index is 11.4. The molecule has 7 nitrogen and oxygen atoms in total. The number of nitrogens with zero attached hydrogens (tertiary/aromatic N) is 2. The van der Waals surface area contributed by atoms with Gasteiger partial charge in [-0.3, -0.25) is 0 Å². The number of carbonyl (C=O) groups is 1. The first-order valence-corrected chi connectivity index (χ1v) is 12.3. The smallest absolute Gasteiger partial charge is 0.347 e. The lowest BCUT2D eigenvalue weighted by Gasteiger charge is -2.21. The highest BCUT2D eigenvalue weighted by atomic mass is 35.5. The molecule has 37 heavy (non-hydrogen) atoms. The highest BCUT2D eigenvalue weighted by Crippen LogP contribution is 2.31. The van der Waals surface area contributed by atoms with E-state index in [-0.39, 0.29) is 0 Å². The fraction of sp³-hybridized carbons (Fsp3) is 0.207. The van der Waals surface area contributed by atoms with E-state index in [2.05, 4.69) is 17.3 Å². The Morgan fingerprint density at radius 3 is 2.49 bits per heavy atom. The molecule has 0 aliphatic rings. The molecule has 2 aromatic heterocycles. The topological polar surface area (TPSA) is 98.6 Å². The fourth-order valence-electron chi connectivity index (χ4n) is 4.04. The molecule has 5 aromatic rings. The Bertz CT molecular complexity index is 1560. The molecular weight excluding hydrogens is 492 g/mol. The quantitative estimate of drug-likeness (QED) is 0.231. The van der Waals surface area contributed by atoms with Gasteiger partial charge in [-0.05, 0) is 56.5 Å². The number of carboxylic acid groups (broad SMARTS) is 1. The van der Waals surface area contributed by atoms with Crippen LogP contribution in [0.3, 0.4) is 0 Å². The van der Waals surface area contributed by atoms with Crippen molar-refractivity contribution >= 4 is 28.5 Å². The van der Waals surface area contributed by atoms with E-state index in [9.17, 15) is 9.90 Å². The third-order valence-electron chi connectivity index (χ3n) is 6.09. The lowest BCUT2D eigenvalue weighted by molar-refractivity contribution is -0.152. The van der Waals surface area contributed by atoms with Crippen molar-refractivity contribution in [1.82, 2.24) is 10.1 Å². The first-order valence-electron chi connectivity index (χ1n) is 11.9. The van der Waals surface area contributed by atoms with Crippen LogP contribution in [0, 0.1) is 0 Å². The molecule has 0 amide bonds. The number of carboxylic acids is 1. The molecule has 0 aliphatic heterocycles. The Labute approximate surface area is 218 Å². The maximum absolute atomic E-state index is 11.4. The van der Waals surface area contributed by atoms with E-state index < -0.39 is 11.6 Å². The Morgan fingerprint density at radius 1 is 1.00 bits per heavy atom. The van der Waals surface area contributed by atoms with E-state index >= 15 is 0 Å². The minimum absolute atomic E-state index is 0.397. The van der Waals surface area contributed by atoms with Crippen LogP contribution < -0.4 is 4.74 Å². The summed E-state index contributed by atoms with van der Waals surface area (Å²) < 4.78 is 17.4. The summed E-state index contributed by atoms with van der Waals surface area (Å²) in [6.07, 6.45) is 1.76. The molecule has 3 aromatic carbocycles. The Balaban J connectivity index is 1.40. The normalized spacial score (nSPS) is 11.6. The second-order valence-electron chi connectivity index (χ2n) is 9.24. The SMILES string of the molecule is CC(C)(Oc1ccc2c(CCc3nc(-c4ccccc4Cl)oc3Cc3ccccc3)noc2c1)C(=O)O. The molecule has 1 N–H and O–H groups in total. The van der Waals surface area contributed by atoms with Crippen molar-refractivity contribution < 1.29 is 23.6 Å². The third kappa shape index (κ3) is 5.37. The van der Waals surface area contributed by atoms with E-state index in [4.69, 9.17) is 30.3 Å². The second-order valence-corrected chi connectivity index (χ2v) is 9.64. The van der Waals surface area contributed by atoms with Gasteiger partial charge in [0.2, 0.25) is 5.89 Å². The van der Waals surface area contributed by atoms with E-state index in [1.54, 1.807) is 12.1 Å². The van der Waals surface area contributed by atoms with Gasteiger partial charge in [-0.1, -0.05) is 59.2 Å². The number of aromatic nitrogens is 2. The van der Waals surface area contributed by atoms with Crippen molar-refractivity contribution in [3.05, 3.63) is 101 Å². The molecule has 5 rings (SSSR count). The average Bonchev–Trinajstić information content (AvgIpc) is 3.46. The van der Waals surface area contributed by atoms with Crippen LogP contribution in [-0.4, -0.2) is 26.8 Å². The zero-order valence-corrected chi connectivity index (χ0v) is 21.2. The molecule has 0 aliphatic carbocycles. The monoisotopic (exact) mass is 516 g/mol. The molecule has 2 heterocycles. The van der Waals surface area contributed by atoms with Crippen LogP contribution in [0.4, 0.5) is 0 Å². The molecule has 188 valence electrons. The number of rotatable bonds is 9. The molecule has 0 atom stereocenters. The van der Waals surface area contributed by atoms with Crippen LogP contribution >= 0.6 is 11.6 Å². The highest BCUT2D eigenvalue weighted by Gasteiger charge is 2.29. The van der Waals surface area contributed by atoms with Crippen LogP contribution in [0.2, 0.25) is 5.02 Å². The standard InChI is InChI=1S/C29H25ClN2O5/c1-29(2,28(33)34)36-19-12-13-21-23(32-37-25(21)17-19)14-15-24-26(16-18-8-4-3-5-9-18)35-27(31-24)20-10-6-7-11-22(20)30/h3-13,17H,14-16H2,1-2H3,(H,33,34).